The first kappa shape index (κ1) is 17.7. The maximum absolute atomic E-state index is 6.68. The van der Waals surface area contributed by atoms with Crippen molar-refractivity contribution in [2.24, 2.45) is 0 Å². The molecular formula is C29H19NO. The third kappa shape index (κ3) is 2.92. The molecule has 0 aliphatic carbocycles. The van der Waals surface area contributed by atoms with Crippen molar-refractivity contribution in [1.82, 2.24) is 4.98 Å². The molecule has 0 fully saturated rings. The molecule has 0 radical (unpaired) electrons. The van der Waals surface area contributed by atoms with Gasteiger partial charge >= 0.3 is 0 Å². The Labute approximate surface area is 180 Å². The Morgan fingerprint density at radius 3 is 1.74 bits per heavy atom. The van der Waals surface area contributed by atoms with Crippen molar-refractivity contribution < 1.29 is 4.42 Å². The Hall–Kier alpha value is -4.17. The van der Waals surface area contributed by atoms with Crippen molar-refractivity contribution in [3.05, 3.63) is 115 Å². The largest absolute Gasteiger partial charge is 0.455 e. The third-order valence-electron chi connectivity index (χ3n) is 5.74. The van der Waals surface area contributed by atoms with Crippen LogP contribution >= 0.6 is 0 Å². The van der Waals surface area contributed by atoms with Crippen molar-refractivity contribution in [3.63, 3.8) is 0 Å². The Balaban J connectivity index is 1.74. The molecule has 2 heterocycles. The second-order valence-corrected chi connectivity index (χ2v) is 7.60. The highest BCUT2D eigenvalue weighted by Crippen LogP contribution is 2.44. The normalized spacial score (nSPS) is 11.2. The minimum atomic E-state index is 0.881. The van der Waals surface area contributed by atoms with E-state index < -0.39 is 0 Å². The Morgan fingerprint density at radius 2 is 1.03 bits per heavy atom. The van der Waals surface area contributed by atoms with E-state index in [1.165, 1.54) is 0 Å². The molecule has 0 unspecified atom stereocenters. The van der Waals surface area contributed by atoms with Crippen LogP contribution in [0.1, 0.15) is 0 Å². The number of aromatic nitrogens is 1. The van der Waals surface area contributed by atoms with Crippen molar-refractivity contribution in [3.8, 4) is 33.8 Å². The summed E-state index contributed by atoms with van der Waals surface area (Å²) in [6.45, 7) is 0. The van der Waals surface area contributed by atoms with Gasteiger partial charge in [0.25, 0.3) is 0 Å². The Bertz CT molecular complexity index is 1510. The van der Waals surface area contributed by atoms with Crippen LogP contribution in [0.3, 0.4) is 0 Å². The van der Waals surface area contributed by atoms with E-state index in [2.05, 4.69) is 78.9 Å². The summed E-state index contributed by atoms with van der Waals surface area (Å²) >= 11 is 0. The lowest BCUT2D eigenvalue weighted by molar-refractivity contribution is 0.602. The van der Waals surface area contributed by atoms with Crippen LogP contribution in [-0.2, 0) is 0 Å². The maximum Gasteiger partial charge on any atom is 0.144 e. The summed E-state index contributed by atoms with van der Waals surface area (Å²) < 4.78 is 6.68. The molecule has 0 N–H and O–H groups in total. The fourth-order valence-corrected chi connectivity index (χ4v) is 4.30. The van der Waals surface area contributed by atoms with Crippen molar-refractivity contribution in [2.45, 2.75) is 0 Å². The summed E-state index contributed by atoms with van der Waals surface area (Å²) in [5, 5.41) is 3.31. The molecule has 0 bridgehead atoms. The van der Waals surface area contributed by atoms with Crippen LogP contribution in [0.2, 0.25) is 0 Å². The van der Waals surface area contributed by atoms with Gasteiger partial charge < -0.3 is 4.42 Å². The van der Waals surface area contributed by atoms with Gasteiger partial charge in [0.05, 0.1) is 5.52 Å². The molecular weight excluding hydrogens is 378 g/mol. The van der Waals surface area contributed by atoms with Gasteiger partial charge in [-0.3, -0.25) is 4.98 Å². The van der Waals surface area contributed by atoms with Crippen molar-refractivity contribution in [2.75, 3.05) is 0 Å². The molecule has 0 saturated heterocycles. The van der Waals surface area contributed by atoms with Gasteiger partial charge in [-0.05, 0) is 11.6 Å². The maximum atomic E-state index is 6.68. The summed E-state index contributed by atoms with van der Waals surface area (Å²) in [5.74, 6) is 1.78. The second kappa shape index (κ2) is 7.26. The van der Waals surface area contributed by atoms with Gasteiger partial charge in [-0.2, -0.15) is 0 Å². The third-order valence-corrected chi connectivity index (χ3v) is 5.74. The van der Waals surface area contributed by atoms with E-state index in [1.807, 2.05) is 36.5 Å². The van der Waals surface area contributed by atoms with E-state index in [-0.39, 0.29) is 0 Å². The molecule has 6 rings (SSSR count). The average Bonchev–Trinajstić information content (AvgIpc) is 3.24. The van der Waals surface area contributed by atoms with Crippen LogP contribution in [-0.4, -0.2) is 4.98 Å². The molecule has 2 heteroatoms. The molecule has 146 valence electrons. The fourth-order valence-electron chi connectivity index (χ4n) is 4.30. The van der Waals surface area contributed by atoms with Crippen LogP contribution < -0.4 is 0 Å². The number of pyridine rings is 1. The summed E-state index contributed by atoms with van der Waals surface area (Å²) in [6.07, 6.45) is 1.96. The summed E-state index contributed by atoms with van der Waals surface area (Å²) in [5.41, 5.74) is 5.30. The van der Waals surface area contributed by atoms with Gasteiger partial charge in [0.2, 0.25) is 0 Å². The van der Waals surface area contributed by atoms with Crippen LogP contribution in [0, 0.1) is 0 Å². The predicted molar refractivity (Wildman–Crippen MR) is 128 cm³/mol. The molecule has 0 spiro atoms. The number of furan rings is 1. The lowest BCUT2D eigenvalue weighted by atomic mass is 9.94. The first-order chi connectivity index (χ1) is 15.4. The smallest absolute Gasteiger partial charge is 0.144 e. The summed E-state index contributed by atoms with van der Waals surface area (Å²) in [6, 6.07) is 37.4. The average molecular weight is 397 g/mol. The molecule has 2 aromatic heterocycles. The predicted octanol–water partition coefficient (Wildman–Crippen LogP) is 7.98. The van der Waals surface area contributed by atoms with Crippen LogP contribution in [0.15, 0.2) is 120 Å². The van der Waals surface area contributed by atoms with E-state index in [1.54, 1.807) is 0 Å². The Kier molecular flexibility index (Phi) is 4.14. The van der Waals surface area contributed by atoms with E-state index in [9.17, 15) is 0 Å². The van der Waals surface area contributed by atoms with Crippen molar-refractivity contribution in [1.29, 1.82) is 0 Å². The fraction of sp³-hybridized carbons (Fsp3) is 0. The van der Waals surface area contributed by atoms with Gasteiger partial charge in [0, 0.05) is 39.0 Å². The number of rotatable bonds is 3. The number of fused-ring (bicyclic) bond motifs is 2. The summed E-state index contributed by atoms with van der Waals surface area (Å²) in [4.78, 5) is 4.75. The number of nitrogens with zero attached hydrogens (tertiary/aromatic N) is 1. The van der Waals surface area contributed by atoms with E-state index >= 15 is 0 Å². The van der Waals surface area contributed by atoms with Gasteiger partial charge in [0.1, 0.15) is 11.5 Å². The first-order valence-electron chi connectivity index (χ1n) is 10.4. The molecule has 0 saturated carbocycles. The lowest BCUT2D eigenvalue weighted by Gasteiger charge is -2.12. The zero-order chi connectivity index (χ0) is 20.6. The highest BCUT2D eigenvalue weighted by atomic mass is 16.3. The Morgan fingerprint density at radius 1 is 0.484 bits per heavy atom. The number of hydrogen-bond acceptors (Lipinski definition) is 2. The molecule has 6 aromatic rings. The quantitative estimate of drug-likeness (QED) is 0.302. The zero-order valence-corrected chi connectivity index (χ0v) is 16.8. The van der Waals surface area contributed by atoms with Crippen LogP contribution in [0.25, 0.3) is 55.4 Å². The minimum Gasteiger partial charge on any atom is -0.455 e. The van der Waals surface area contributed by atoms with Gasteiger partial charge in [-0.15, -0.1) is 0 Å². The minimum absolute atomic E-state index is 0.881. The lowest BCUT2D eigenvalue weighted by Crippen LogP contribution is -1.90. The number of para-hydroxylation sites is 1. The van der Waals surface area contributed by atoms with Gasteiger partial charge in [-0.25, -0.2) is 0 Å². The molecule has 0 amide bonds. The number of benzene rings is 4. The molecule has 4 aromatic carbocycles. The monoisotopic (exact) mass is 397 g/mol. The molecule has 0 atom stereocenters. The highest BCUT2D eigenvalue weighted by molar-refractivity contribution is 6.10. The molecule has 2 nitrogen and oxygen atoms in total. The zero-order valence-electron chi connectivity index (χ0n) is 16.8. The van der Waals surface area contributed by atoms with E-state index in [4.69, 9.17) is 9.40 Å². The van der Waals surface area contributed by atoms with Gasteiger partial charge in [0.15, 0.2) is 0 Å². The SMILES string of the molecule is c1ccc(-c2cnc3ccccc3c2-c2oc(-c3ccccc3)c3ccccc23)cc1. The van der Waals surface area contributed by atoms with Crippen LogP contribution in [0.5, 0.6) is 0 Å². The molecule has 31 heavy (non-hydrogen) atoms. The second-order valence-electron chi connectivity index (χ2n) is 7.60. The first-order valence-corrected chi connectivity index (χ1v) is 10.4. The van der Waals surface area contributed by atoms with E-state index in [0.29, 0.717) is 0 Å². The standard InChI is InChI=1S/C29H19NO/c1-3-11-20(12-4-1)25-19-30-26-18-10-9-17-24(26)27(25)29-23-16-8-7-15-22(23)28(31-29)21-13-5-2-6-14-21/h1-19H. The number of hydrogen-bond donors (Lipinski definition) is 0. The summed E-state index contributed by atoms with van der Waals surface area (Å²) in [7, 11) is 0. The highest BCUT2D eigenvalue weighted by Gasteiger charge is 2.21. The van der Waals surface area contributed by atoms with Crippen molar-refractivity contribution >= 4 is 21.7 Å². The van der Waals surface area contributed by atoms with Gasteiger partial charge in [-0.1, -0.05) is 103 Å². The van der Waals surface area contributed by atoms with Crippen LogP contribution in [0.4, 0.5) is 0 Å². The molecule has 0 aliphatic heterocycles. The molecule has 0 aliphatic rings. The van der Waals surface area contributed by atoms with E-state index in [0.717, 1.165) is 55.4 Å². The topological polar surface area (TPSA) is 26.0 Å².